The van der Waals surface area contributed by atoms with E-state index in [0.29, 0.717) is 19.7 Å². The topological polar surface area (TPSA) is 50.7 Å². The van der Waals surface area contributed by atoms with Gasteiger partial charge in [-0.25, -0.2) is 0 Å². The van der Waals surface area contributed by atoms with Crippen LogP contribution in [0.2, 0.25) is 0 Å². The molecule has 0 aromatic rings. The van der Waals surface area contributed by atoms with Crippen LogP contribution < -0.4 is 5.32 Å². The highest BCUT2D eigenvalue weighted by atomic mass is 16.5. The van der Waals surface area contributed by atoms with Crippen LogP contribution in [0.3, 0.4) is 0 Å². The standard InChI is InChI=1S/C8H14N2O2/c1-3-12-8(11)7-4-9-6(2)10-5-7/h7H,3-5H2,1-2H3,(H,9,10). The Morgan fingerprint density at radius 1 is 1.83 bits per heavy atom. The molecule has 1 aliphatic rings. The molecule has 1 atom stereocenters. The molecule has 0 fully saturated rings. The second-order valence-electron chi connectivity index (χ2n) is 2.76. The fourth-order valence-electron chi connectivity index (χ4n) is 1.06. The van der Waals surface area contributed by atoms with E-state index in [9.17, 15) is 4.79 Å². The summed E-state index contributed by atoms with van der Waals surface area (Å²) >= 11 is 0. The number of carbonyl (C=O) groups excluding carboxylic acids is 1. The maximum absolute atomic E-state index is 11.2. The number of aliphatic imine (C=N–C) groups is 1. The largest absolute Gasteiger partial charge is 0.466 e. The number of nitrogens with one attached hydrogen (secondary N) is 1. The highest BCUT2D eigenvalue weighted by molar-refractivity contribution is 5.82. The minimum Gasteiger partial charge on any atom is -0.466 e. The molecule has 0 spiro atoms. The summed E-state index contributed by atoms with van der Waals surface area (Å²) in [7, 11) is 0. The Hall–Kier alpha value is -1.06. The van der Waals surface area contributed by atoms with E-state index in [1.807, 2.05) is 13.8 Å². The van der Waals surface area contributed by atoms with Crippen molar-refractivity contribution in [3.05, 3.63) is 0 Å². The Bertz CT molecular complexity index is 201. The van der Waals surface area contributed by atoms with Crippen LogP contribution in [0.25, 0.3) is 0 Å². The second-order valence-corrected chi connectivity index (χ2v) is 2.76. The zero-order valence-electron chi connectivity index (χ0n) is 7.46. The smallest absolute Gasteiger partial charge is 0.312 e. The monoisotopic (exact) mass is 170 g/mol. The molecule has 4 nitrogen and oxygen atoms in total. The van der Waals surface area contributed by atoms with Gasteiger partial charge in [-0.3, -0.25) is 9.79 Å². The van der Waals surface area contributed by atoms with Gasteiger partial charge in [-0.05, 0) is 13.8 Å². The van der Waals surface area contributed by atoms with E-state index in [0.717, 1.165) is 5.84 Å². The van der Waals surface area contributed by atoms with Crippen LogP contribution >= 0.6 is 0 Å². The molecule has 1 heterocycles. The number of esters is 1. The molecule has 1 unspecified atom stereocenters. The zero-order valence-corrected chi connectivity index (χ0v) is 7.46. The molecule has 0 radical (unpaired) electrons. The fourth-order valence-corrected chi connectivity index (χ4v) is 1.06. The Labute approximate surface area is 72.0 Å². The lowest BCUT2D eigenvalue weighted by Crippen LogP contribution is -2.38. The minimum absolute atomic E-state index is 0.103. The van der Waals surface area contributed by atoms with E-state index in [1.165, 1.54) is 0 Å². The first-order valence-corrected chi connectivity index (χ1v) is 4.15. The van der Waals surface area contributed by atoms with Crippen molar-refractivity contribution in [2.75, 3.05) is 19.7 Å². The molecule has 0 aromatic heterocycles. The summed E-state index contributed by atoms with van der Waals surface area (Å²) < 4.78 is 4.87. The number of ether oxygens (including phenoxy) is 1. The molecule has 0 bridgehead atoms. The van der Waals surface area contributed by atoms with Crippen molar-refractivity contribution in [1.29, 1.82) is 0 Å². The first-order valence-electron chi connectivity index (χ1n) is 4.15. The van der Waals surface area contributed by atoms with E-state index in [1.54, 1.807) is 0 Å². The molecular weight excluding hydrogens is 156 g/mol. The normalized spacial score (nSPS) is 22.5. The predicted octanol–water partition coefficient (Wildman–Crippen LogP) is 0.187. The van der Waals surface area contributed by atoms with Crippen LogP contribution in [0.15, 0.2) is 4.99 Å². The number of hydrogen-bond donors (Lipinski definition) is 1. The summed E-state index contributed by atoms with van der Waals surface area (Å²) in [5.74, 6) is 0.644. The highest BCUT2D eigenvalue weighted by Crippen LogP contribution is 2.03. The van der Waals surface area contributed by atoms with Gasteiger partial charge in [0.15, 0.2) is 0 Å². The van der Waals surface area contributed by atoms with Crippen LogP contribution in [0.4, 0.5) is 0 Å². The zero-order chi connectivity index (χ0) is 8.97. The summed E-state index contributed by atoms with van der Waals surface area (Å²) in [6, 6.07) is 0. The number of nitrogens with zero attached hydrogens (tertiary/aromatic N) is 1. The molecule has 12 heavy (non-hydrogen) atoms. The van der Waals surface area contributed by atoms with Crippen molar-refractivity contribution in [3.63, 3.8) is 0 Å². The molecule has 0 aliphatic carbocycles. The van der Waals surface area contributed by atoms with Gasteiger partial charge in [0.2, 0.25) is 0 Å². The van der Waals surface area contributed by atoms with E-state index in [4.69, 9.17) is 4.74 Å². The van der Waals surface area contributed by atoms with E-state index < -0.39 is 0 Å². The number of hydrogen-bond acceptors (Lipinski definition) is 4. The number of rotatable bonds is 2. The maximum atomic E-state index is 11.2. The van der Waals surface area contributed by atoms with Crippen LogP contribution in [0.5, 0.6) is 0 Å². The first kappa shape index (κ1) is 9.03. The molecule has 1 aliphatic heterocycles. The highest BCUT2D eigenvalue weighted by Gasteiger charge is 2.21. The number of amidine groups is 1. The van der Waals surface area contributed by atoms with Crippen molar-refractivity contribution >= 4 is 11.8 Å². The van der Waals surface area contributed by atoms with Gasteiger partial charge >= 0.3 is 5.97 Å². The Balaban J connectivity index is 2.40. The summed E-state index contributed by atoms with van der Waals surface area (Å²) in [5, 5.41) is 3.02. The average molecular weight is 170 g/mol. The van der Waals surface area contributed by atoms with Crippen molar-refractivity contribution < 1.29 is 9.53 Å². The lowest BCUT2D eigenvalue weighted by atomic mass is 10.1. The van der Waals surface area contributed by atoms with Crippen molar-refractivity contribution in [3.8, 4) is 0 Å². The van der Waals surface area contributed by atoms with E-state index in [-0.39, 0.29) is 11.9 Å². The lowest BCUT2D eigenvalue weighted by molar-refractivity contribution is -0.147. The van der Waals surface area contributed by atoms with Crippen LogP contribution in [-0.2, 0) is 9.53 Å². The van der Waals surface area contributed by atoms with Crippen LogP contribution in [0.1, 0.15) is 13.8 Å². The molecule has 0 aromatic carbocycles. The molecule has 0 amide bonds. The Kier molecular flexibility index (Phi) is 3.08. The van der Waals surface area contributed by atoms with Gasteiger partial charge in [0.05, 0.1) is 24.9 Å². The van der Waals surface area contributed by atoms with Gasteiger partial charge in [-0.1, -0.05) is 0 Å². The van der Waals surface area contributed by atoms with Gasteiger partial charge < -0.3 is 10.1 Å². The van der Waals surface area contributed by atoms with Crippen molar-refractivity contribution in [1.82, 2.24) is 5.32 Å². The SMILES string of the molecule is CCOC(=O)C1CN=C(C)NC1. The van der Waals surface area contributed by atoms with Crippen LogP contribution in [0, 0.1) is 5.92 Å². The molecule has 1 rings (SSSR count). The van der Waals surface area contributed by atoms with Crippen LogP contribution in [-0.4, -0.2) is 31.5 Å². The van der Waals surface area contributed by atoms with E-state index in [2.05, 4.69) is 10.3 Å². The third kappa shape index (κ3) is 2.22. The Morgan fingerprint density at radius 3 is 3.08 bits per heavy atom. The third-order valence-corrected chi connectivity index (χ3v) is 1.77. The molecule has 68 valence electrons. The molecule has 4 heteroatoms. The quantitative estimate of drug-likeness (QED) is 0.602. The van der Waals surface area contributed by atoms with Gasteiger partial charge in [-0.2, -0.15) is 0 Å². The second kappa shape index (κ2) is 4.09. The van der Waals surface area contributed by atoms with Gasteiger partial charge in [0.25, 0.3) is 0 Å². The van der Waals surface area contributed by atoms with E-state index >= 15 is 0 Å². The lowest BCUT2D eigenvalue weighted by Gasteiger charge is -2.19. The molecular formula is C8H14N2O2. The third-order valence-electron chi connectivity index (χ3n) is 1.77. The molecule has 0 saturated heterocycles. The minimum atomic E-state index is -0.152. The fraction of sp³-hybridized carbons (Fsp3) is 0.750. The maximum Gasteiger partial charge on any atom is 0.312 e. The molecule has 1 N–H and O–H groups in total. The summed E-state index contributed by atoms with van der Waals surface area (Å²) in [4.78, 5) is 15.3. The predicted molar refractivity (Wildman–Crippen MR) is 46.1 cm³/mol. The van der Waals surface area contributed by atoms with Gasteiger partial charge in [0.1, 0.15) is 0 Å². The average Bonchev–Trinajstić information content (AvgIpc) is 2.06. The number of carbonyl (C=O) groups is 1. The summed E-state index contributed by atoms with van der Waals surface area (Å²) in [6.45, 7) is 5.34. The Morgan fingerprint density at radius 2 is 2.58 bits per heavy atom. The summed E-state index contributed by atoms with van der Waals surface area (Å²) in [5.41, 5.74) is 0. The van der Waals surface area contributed by atoms with Crippen molar-refractivity contribution in [2.45, 2.75) is 13.8 Å². The van der Waals surface area contributed by atoms with Crippen molar-refractivity contribution in [2.24, 2.45) is 10.9 Å². The molecule has 0 saturated carbocycles. The van der Waals surface area contributed by atoms with Gasteiger partial charge in [0, 0.05) is 6.54 Å². The van der Waals surface area contributed by atoms with Gasteiger partial charge in [-0.15, -0.1) is 0 Å². The summed E-state index contributed by atoms with van der Waals surface area (Å²) in [6.07, 6.45) is 0. The first-order chi connectivity index (χ1) is 5.74.